The Morgan fingerprint density at radius 1 is 1.45 bits per heavy atom. The molecule has 0 spiro atoms. The Hall–Kier alpha value is -0.640. The molecule has 0 radical (unpaired) electrons. The number of likely N-dealkylation sites (tertiary alicyclic amines) is 1. The van der Waals surface area contributed by atoms with Gasteiger partial charge in [0.25, 0.3) is 0 Å². The van der Waals surface area contributed by atoms with Crippen molar-refractivity contribution in [1.29, 1.82) is 0 Å². The van der Waals surface area contributed by atoms with E-state index in [0.29, 0.717) is 5.92 Å². The molecule has 2 rings (SSSR count). The summed E-state index contributed by atoms with van der Waals surface area (Å²) in [5.74, 6) is 1.09. The van der Waals surface area contributed by atoms with Gasteiger partial charge in [-0.3, -0.25) is 4.90 Å². The fourth-order valence-corrected chi connectivity index (χ4v) is 2.90. The van der Waals surface area contributed by atoms with Crippen LogP contribution in [0.4, 0.5) is 4.39 Å². The van der Waals surface area contributed by atoms with E-state index in [1.54, 1.807) is 6.07 Å². The van der Waals surface area contributed by atoms with Gasteiger partial charge in [-0.05, 0) is 55.6 Å². The second-order valence-electron chi connectivity index (χ2n) is 6.19. The number of hydrogen-bond donors (Lipinski definition) is 1. The predicted octanol–water partition coefficient (Wildman–Crippen LogP) is 3.55. The summed E-state index contributed by atoms with van der Waals surface area (Å²) in [5, 5.41) is 3.75. The van der Waals surface area contributed by atoms with Gasteiger partial charge in [0.05, 0.1) is 5.02 Å². The molecule has 1 aromatic rings. The molecule has 1 atom stereocenters. The monoisotopic (exact) mass is 298 g/mol. The molecule has 1 unspecified atom stereocenters. The number of rotatable bonds is 6. The van der Waals surface area contributed by atoms with E-state index < -0.39 is 0 Å². The van der Waals surface area contributed by atoms with Crippen LogP contribution in [0.2, 0.25) is 5.02 Å². The van der Waals surface area contributed by atoms with Crippen molar-refractivity contribution in [3.8, 4) is 0 Å². The third kappa shape index (κ3) is 4.72. The molecule has 1 heterocycles. The van der Waals surface area contributed by atoms with Gasteiger partial charge in [-0.15, -0.1) is 0 Å². The average Bonchev–Trinajstić information content (AvgIpc) is 2.81. The number of benzene rings is 1. The third-order valence-electron chi connectivity index (χ3n) is 3.75. The summed E-state index contributed by atoms with van der Waals surface area (Å²) in [5.41, 5.74) is 1.09. The summed E-state index contributed by atoms with van der Waals surface area (Å²) in [6.45, 7) is 9.73. The lowest BCUT2D eigenvalue weighted by molar-refractivity contribution is 0.313. The van der Waals surface area contributed by atoms with Crippen LogP contribution in [0.25, 0.3) is 0 Å². The molecule has 20 heavy (non-hydrogen) atoms. The van der Waals surface area contributed by atoms with Crippen LogP contribution in [0.15, 0.2) is 18.2 Å². The zero-order valence-electron chi connectivity index (χ0n) is 12.3. The molecule has 1 N–H and O–H groups in total. The maximum absolute atomic E-state index is 13.1. The fraction of sp³-hybridized carbons (Fsp3) is 0.625. The summed E-state index contributed by atoms with van der Waals surface area (Å²) < 4.78 is 13.1. The smallest absolute Gasteiger partial charge is 0.141 e. The van der Waals surface area contributed by atoms with Crippen LogP contribution < -0.4 is 5.32 Å². The minimum atomic E-state index is -0.340. The van der Waals surface area contributed by atoms with E-state index >= 15 is 0 Å². The maximum Gasteiger partial charge on any atom is 0.141 e. The van der Waals surface area contributed by atoms with Gasteiger partial charge in [0.1, 0.15) is 5.82 Å². The lowest BCUT2D eigenvalue weighted by atomic mass is 10.1. The molecule has 1 aliphatic heterocycles. The van der Waals surface area contributed by atoms with Gasteiger partial charge in [-0.25, -0.2) is 4.39 Å². The molecule has 1 fully saturated rings. The van der Waals surface area contributed by atoms with Crippen LogP contribution in [0, 0.1) is 17.7 Å². The maximum atomic E-state index is 13.1. The highest BCUT2D eigenvalue weighted by molar-refractivity contribution is 6.30. The molecule has 1 aromatic carbocycles. The molecule has 4 heteroatoms. The van der Waals surface area contributed by atoms with Crippen molar-refractivity contribution in [2.45, 2.75) is 26.8 Å². The highest BCUT2D eigenvalue weighted by atomic mass is 35.5. The van der Waals surface area contributed by atoms with Gasteiger partial charge >= 0.3 is 0 Å². The highest BCUT2D eigenvalue weighted by Crippen LogP contribution is 2.21. The molecule has 2 nitrogen and oxygen atoms in total. The Labute approximate surface area is 126 Å². The molecule has 112 valence electrons. The Bertz CT molecular complexity index is 436. The van der Waals surface area contributed by atoms with Crippen LogP contribution in [0.5, 0.6) is 0 Å². The number of nitrogens with zero attached hydrogens (tertiary/aromatic N) is 1. The second-order valence-corrected chi connectivity index (χ2v) is 6.60. The van der Waals surface area contributed by atoms with Crippen molar-refractivity contribution in [3.63, 3.8) is 0 Å². The van der Waals surface area contributed by atoms with E-state index in [0.717, 1.165) is 44.2 Å². The van der Waals surface area contributed by atoms with Crippen molar-refractivity contribution in [2.24, 2.45) is 11.8 Å². The van der Waals surface area contributed by atoms with Gasteiger partial charge in [0.15, 0.2) is 0 Å². The molecule has 0 amide bonds. The minimum Gasteiger partial charge on any atom is -0.316 e. The Kier molecular flexibility index (Phi) is 5.82. The molecule has 0 saturated carbocycles. The molecule has 0 bridgehead atoms. The van der Waals surface area contributed by atoms with Crippen molar-refractivity contribution >= 4 is 11.6 Å². The fourth-order valence-electron chi connectivity index (χ4n) is 2.70. The summed E-state index contributed by atoms with van der Waals surface area (Å²) in [6.07, 6.45) is 1.24. The zero-order chi connectivity index (χ0) is 14.5. The predicted molar refractivity (Wildman–Crippen MR) is 82.5 cm³/mol. The largest absolute Gasteiger partial charge is 0.316 e. The minimum absolute atomic E-state index is 0.219. The first kappa shape index (κ1) is 15.7. The third-order valence-corrected chi connectivity index (χ3v) is 4.04. The summed E-state index contributed by atoms with van der Waals surface area (Å²) in [6, 6.07) is 5.02. The quantitative estimate of drug-likeness (QED) is 0.864. The number of hydrogen-bond acceptors (Lipinski definition) is 2. The first-order valence-corrected chi connectivity index (χ1v) is 7.79. The molecular formula is C16H24ClFN2. The molecule has 1 saturated heterocycles. The van der Waals surface area contributed by atoms with Gasteiger partial charge in [0, 0.05) is 13.1 Å². The number of halogens is 2. The van der Waals surface area contributed by atoms with E-state index in [-0.39, 0.29) is 10.8 Å². The standard InChI is InChI=1S/C16H24ClFN2/c1-12(2)8-19-9-14-5-6-20(11-14)10-13-3-4-16(18)15(17)7-13/h3-4,7,12,14,19H,5-6,8-11H2,1-2H3. The Morgan fingerprint density at radius 3 is 2.95 bits per heavy atom. The van der Waals surface area contributed by atoms with E-state index in [2.05, 4.69) is 24.1 Å². The van der Waals surface area contributed by atoms with Crippen molar-refractivity contribution < 1.29 is 4.39 Å². The van der Waals surface area contributed by atoms with E-state index in [4.69, 9.17) is 11.6 Å². The van der Waals surface area contributed by atoms with E-state index in [1.165, 1.54) is 12.5 Å². The van der Waals surface area contributed by atoms with Crippen LogP contribution >= 0.6 is 11.6 Å². The van der Waals surface area contributed by atoms with Crippen molar-refractivity contribution in [2.75, 3.05) is 26.2 Å². The normalized spacial score (nSPS) is 19.9. The SMILES string of the molecule is CC(C)CNCC1CCN(Cc2ccc(F)c(Cl)c2)C1. The Balaban J connectivity index is 1.76. The van der Waals surface area contributed by atoms with E-state index in [9.17, 15) is 4.39 Å². The second kappa shape index (κ2) is 7.39. The van der Waals surface area contributed by atoms with Gasteiger partial charge in [0.2, 0.25) is 0 Å². The van der Waals surface area contributed by atoms with Crippen molar-refractivity contribution in [1.82, 2.24) is 10.2 Å². The average molecular weight is 299 g/mol. The zero-order valence-corrected chi connectivity index (χ0v) is 13.1. The van der Waals surface area contributed by atoms with Crippen LogP contribution in [-0.4, -0.2) is 31.1 Å². The van der Waals surface area contributed by atoms with E-state index in [1.807, 2.05) is 6.07 Å². The van der Waals surface area contributed by atoms with Gasteiger partial charge < -0.3 is 5.32 Å². The van der Waals surface area contributed by atoms with Crippen molar-refractivity contribution in [3.05, 3.63) is 34.6 Å². The lowest BCUT2D eigenvalue weighted by Gasteiger charge is -2.17. The first-order chi connectivity index (χ1) is 9.54. The molecule has 0 aliphatic carbocycles. The summed E-state index contributed by atoms with van der Waals surface area (Å²) >= 11 is 5.82. The highest BCUT2D eigenvalue weighted by Gasteiger charge is 2.22. The first-order valence-electron chi connectivity index (χ1n) is 7.41. The molecule has 0 aromatic heterocycles. The summed E-state index contributed by atoms with van der Waals surface area (Å²) in [4.78, 5) is 2.42. The van der Waals surface area contributed by atoms with Crippen LogP contribution in [-0.2, 0) is 6.54 Å². The topological polar surface area (TPSA) is 15.3 Å². The van der Waals surface area contributed by atoms with Crippen LogP contribution in [0.3, 0.4) is 0 Å². The lowest BCUT2D eigenvalue weighted by Crippen LogP contribution is -2.28. The summed E-state index contributed by atoms with van der Waals surface area (Å²) in [7, 11) is 0. The number of nitrogens with one attached hydrogen (secondary N) is 1. The molecular weight excluding hydrogens is 275 g/mol. The van der Waals surface area contributed by atoms with Gasteiger partial charge in [-0.1, -0.05) is 31.5 Å². The Morgan fingerprint density at radius 2 is 2.25 bits per heavy atom. The molecule has 1 aliphatic rings. The van der Waals surface area contributed by atoms with Crippen LogP contribution in [0.1, 0.15) is 25.8 Å². The van der Waals surface area contributed by atoms with Gasteiger partial charge in [-0.2, -0.15) is 0 Å².